The molecule has 1 aromatic heterocycles. The lowest BCUT2D eigenvalue weighted by Crippen LogP contribution is -2.31. The zero-order valence-corrected chi connectivity index (χ0v) is 15.3. The number of hydrazone groups is 1. The molecule has 2 aromatic rings. The van der Waals surface area contributed by atoms with Crippen LogP contribution in [0.2, 0.25) is 0 Å². The summed E-state index contributed by atoms with van der Waals surface area (Å²) in [5.41, 5.74) is 0.562. The van der Waals surface area contributed by atoms with Gasteiger partial charge in [0, 0.05) is 11.6 Å². The van der Waals surface area contributed by atoms with Gasteiger partial charge in [0.25, 0.3) is 11.5 Å². The number of aromatic amines is 2. The van der Waals surface area contributed by atoms with Gasteiger partial charge in [0.1, 0.15) is 0 Å². The monoisotopic (exact) mass is 407 g/mol. The molecule has 1 amide bonds. The van der Waals surface area contributed by atoms with Gasteiger partial charge < -0.3 is 14.8 Å². The maximum absolute atomic E-state index is 11.8. The topological polar surface area (TPSA) is 194 Å². The predicted octanol–water partition coefficient (Wildman–Crippen LogP) is -0.664. The van der Waals surface area contributed by atoms with Crippen LogP contribution in [0, 0.1) is 10.1 Å². The molecule has 4 N–H and O–H groups in total. The van der Waals surface area contributed by atoms with E-state index >= 15 is 0 Å². The van der Waals surface area contributed by atoms with Gasteiger partial charge in [-0.1, -0.05) is 0 Å². The average Bonchev–Trinajstić information content (AvgIpc) is 2.67. The Kier molecular flexibility index (Phi) is 7.00. The number of benzene rings is 1. The third-order valence-electron chi connectivity index (χ3n) is 3.29. The molecule has 0 atom stereocenters. The first-order valence-corrected chi connectivity index (χ1v) is 8.09. The van der Waals surface area contributed by atoms with Crippen molar-refractivity contribution >= 4 is 23.6 Å². The smallest absolute Gasteiger partial charge is 0.342 e. The van der Waals surface area contributed by atoms with Crippen molar-refractivity contribution in [3.8, 4) is 11.5 Å². The molecule has 0 radical (unpaired) electrons. The summed E-state index contributed by atoms with van der Waals surface area (Å²) in [7, 11) is 1.29. The minimum absolute atomic E-state index is 0.0270. The summed E-state index contributed by atoms with van der Waals surface area (Å²) < 4.78 is 10.4. The highest BCUT2D eigenvalue weighted by Gasteiger charge is 2.21. The molecule has 0 aliphatic carbocycles. The Hall–Kier alpha value is -4.23. The normalized spacial score (nSPS) is 10.6. The minimum atomic E-state index is -0.793. The fraction of sp³-hybridized carbons (Fsp3) is 0.267. The van der Waals surface area contributed by atoms with Gasteiger partial charge in [-0.25, -0.2) is 15.3 Å². The average molecular weight is 407 g/mol. The summed E-state index contributed by atoms with van der Waals surface area (Å²) in [5, 5.41) is 22.8. The molecule has 2 rings (SSSR count). The molecule has 0 aliphatic rings. The highest BCUT2D eigenvalue weighted by molar-refractivity contribution is 5.86. The molecule has 0 saturated heterocycles. The fourth-order valence-corrected chi connectivity index (χ4v) is 2.14. The van der Waals surface area contributed by atoms with Crippen molar-refractivity contribution in [3.63, 3.8) is 0 Å². The lowest BCUT2D eigenvalue weighted by Gasteiger charge is -2.10. The van der Waals surface area contributed by atoms with Gasteiger partial charge in [0.05, 0.1) is 31.4 Å². The first kappa shape index (κ1) is 21.1. The number of amides is 1. The zero-order chi connectivity index (χ0) is 21.4. The van der Waals surface area contributed by atoms with Gasteiger partial charge in [-0.15, -0.1) is 5.10 Å². The standard InChI is InChI=1S/C15H17N7O7/c1-3-29-10-5-8(4-9(22(26)27)12(10)28-2)6-17-19-11(23)7-16-13-14(24)18-15(25)21-20-13/h4-6H,3,7H2,1-2H3,(H,16,20)(H,19,23)(H2,18,21,24,25)/b17-6+. The number of ether oxygens (including phenoxy) is 2. The molecule has 0 fully saturated rings. The lowest BCUT2D eigenvalue weighted by atomic mass is 10.2. The Morgan fingerprint density at radius 2 is 2.17 bits per heavy atom. The summed E-state index contributed by atoms with van der Waals surface area (Å²) in [5.74, 6) is -0.763. The Bertz CT molecular complexity index is 1040. The molecule has 0 saturated carbocycles. The van der Waals surface area contributed by atoms with E-state index in [9.17, 15) is 24.5 Å². The lowest BCUT2D eigenvalue weighted by molar-refractivity contribution is -0.385. The number of rotatable bonds is 9. The van der Waals surface area contributed by atoms with Crippen molar-refractivity contribution in [2.45, 2.75) is 6.92 Å². The maximum atomic E-state index is 11.8. The van der Waals surface area contributed by atoms with E-state index in [-0.39, 0.29) is 41.7 Å². The van der Waals surface area contributed by atoms with Gasteiger partial charge in [0.15, 0.2) is 5.75 Å². The second-order valence-electron chi connectivity index (χ2n) is 5.26. The molecular formula is C15H17N7O7. The van der Waals surface area contributed by atoms with E-state index < -0.39 is 22.1 Å². The van der Waals surface area contributed by atoms with E-state index in [1.54, 1.807) is 6.92 Å². The number of nitro groups is 1. The first-order chi connectivity index (χ1) is 13.8. The number of H-pyrrole nitrogens is 2. The second-order valence-corrected chi connectivity index (χ2v) is 5.26. The van der Waals surface area contributed by atoms with Crippen LogP contribution < -0.4 is 31.5 Å². The van der Waals surface area contributed by atoms with Crippen molar-refractivity contribution in [3.05, 3.63) is 48.6 Å². The number of methoxy groups -OCH3 is 1. The number of hydrogen-bond acceptors (Lipinski definition) is 10. The summed E-state index contributed by atoms with van der Waals surface area (Å²) in [4.78, 5) is 46.6. The Balaban J connectivity index is 2.06. The van der Waals surface area contributed by atoms with Crippen LogP contribution >= 0.6 is 0 Å². The third-order valence-corrected chi connectivity index (χ3v) is 3.29. The largest absolute Gasteiger partial charge is 0.490 e. The number of aromatic nitrogens is 3. The van der Waals surface area contributed by atoms with Gasteiger partial charge >= 0.3 is 11.4 Å². The molecular weight excluding hydrogens is 390 g/mol. The Morgan fingerprint density at radius 3 is 2.79 bits per heavy atom. The van der Waals surface area contributed by atoms with Crippen molar-refractivity contribution < 1.29 is 19.2 Å². The molecule has 1 heterocycles. The number of carbonyl (C=O) groups excluding carboxylic acids is 1. The molecule has 1 aromatic carbocycles. The molecule has 14 nitrogen and oxygen atoms in total. The van der Waals surface area contributed by atoms with Crippen LogP contribution in [0.15, 0.2) is 26.8 Å². The summed E-state index contributed by atoms with van der Waals surface area (Å²) in [6, 6.07) is 2.67. The molecule has 0 unspecified atom stereocenters. The zero-order valence-electron chi connectivity index (χ0n) is 15.3. The minimum Gasteiger partial charge on any atom is -0.490 e. The first-order valence-electron chi connectivity index (χ1n) is 8.09. The van der Waals surface area contributed by atoms with Crippen LogP contribution in [0.5, 0.6) is 11.5 Å². The van der Waals surface area contributed by atoms with Crippen LogP contribution in [0.1, 0.15) is 12.5 Å². The van der Waals surface area contributed by atoms with Crippen LogP contribution in [-0.4, -0.2) is 52.5 Å². The maximum Gasteiger partial charge on any atom is 0.342 e. The molecule has 0 bridgehead atoms. The van der Waals surface area contributed by atoms with E-state index in [1.807, 2.05) is 10.1 Å². The Labute approximate surface area is 162 Å². The number of hydrogen-bond donors (Lipinski definition) is 4. The van der Waals surface area contributed by atoms with Crippen molar-refractivity contribution in [2.24, 2.45) is 5.10 Å². The SMILES string of the molecule is CCOc1cc(/C=N/NC(=O)CNc2n[nH]c(=O)[nH]c2=O)cc([N+](=O)[O-])c1OC. The number of nitrogens with zero attached hydrogens (tertiary/aromatic N) is 3. The van der Waals surface area contributed by atoms with Crippen molar-refractivity contribution in [1.82, 2.24) is 20.6 Å². The van der Waals surface area contributed by atoms with Crippen molar-refractivity contribution in [1.29, 1.82) is 0 Å². The van der Waals surface area contributed by atoms with Crippen LogP contribution in [-0.2, 0) is 4.79 Å². The van der Waals surface area contributed by atoms with Gasteiger partial charge in [-0.3, -0.25) is 24.7 Å². The number of nitrogens with one attached hydrogen (secondary N) is 4. The molecule has 0 aliphatic heterocycles. The van der Waals surface area contributed by atoms with E-state index in [0.717, 1.165) is 0 Å². The molecule has 14 heteroatoms. The van der Waals surface area contributed by atoms with E-state index in [1.165, 1.54) is 25.5 Å². The second kappa shape index (κ2) is 9.63. The highest BCUT2D eigenvalue weighted by atomic mass is 16.6. The predicted molar refractivity (Wildman–Crippen MR) is 101 cm³/mol. The van der Waals surface area contributed by atoms with Gasteiger partial charge in [-0.2, -0.15) is 5.10 Å². The van der Waals surface area contributed by atoms with Gasteiger partial charge in [-0.05, 0) is 13.0 Å². The molecule has 154 valence electrons. The molecule has 29 heavy (non-hydrogen) atoms. The van der Waals surface area contributed by atoms with Crippen molar-refractivity contribution in [2.75, 3.05) is 25.6 Å². The number of nitro benzene ring substituents is 1. The van der Waals surface area contributed by atoms with Crippen LogP contribution in [0.3, 0.4) is 0 Å². The highest BCUT2D eigenvalue weighted by Crippen LogP contribution is 2.37. The van der Waals surface area contributed by atoms with E-state index in [4.69, 9.17) is 9.47 Å². The number of anilines is 1. The summed E-state index contributed by atoms with van der Waals surface area (Å²) in [6.07, 6.45) is 1.18. The quantitative estimate of drug-likeness (QED) is 0.237. The van der Waals surface area contributed by atoms with E-state index in [0.29, 0.717) is 0 Å². The number of carbonyl (C=O) groups is 1. The third kappa shape index (κ3) is 5.62. The van der Waals surface area contributed by atoms with Crippen LogP contribution in [0.4, 0.5) is 11.5 Å². The summed E-state index contributed by atoms with van der Waals surface area (Å²) >= 11 is 0. The fourth-order valence-electron chi connectivity index (χ4n) is 2.14. The Morgan fingerprint density at radius 1 is 1.41 bits per heavy atom. The summed E-state index contributed by atoms with van der Waals surface area (Å²) in [6.45, 7) is 1.60. The molecule has 0 spiro atoms. The van der Waals surface area contributed by atoms with E-state index in [2.05, 4.69) is 20.9 Å². The van der Waals surface area contributed by atoms with Crippen LogP contribution in [0.25, 0.3) is 0 Å². The van der Waals surface area contributed by atoms with Gasteiger partial charge in [0.2, 0.25) is 11.6 Å².